The number of nitrogens with two attached hydrogens (primary N) is 1. The second-order valence-electron chi connectivity index (χ2n) is 2.27. The third-order valence-electron chi connectivity index (χ3n) is 1.07. The average Bonchev–Trinajstić information content (AvgIpc) is 2.72. The Morgan fingerprint density at radius 3 is 1.75 bits per heavy atom. The number of hydrogen-bond donors (Lipinski definition) is 3. The number of carboxylic acids is 2. The molecule has 0 spiro atoms. The second kappa shape index (κ2) is 5.50. The normalized spacial score (nSPS) is 14.4. The molecular formula is C6H12N2O4. The van der Waals surface area contributed by atoms with Crippen LogP contribution in [0.3, 0.4) is 0 Å². The number of carboxylic acid groups (broad SMARTS) is 2. The maximum atomic E-state index is 9.81. The summed E-state index contributed by atoms with van der Waals surface area (Å²) >= 11 is 0. The molecule has 1 fully saturated rings. The molecule has 6 heteroatoms. The van der Waals surface area contributed by atoms with Gasteiger partial charge in [-0.2, -0.15) is 0 Å². The summed E-state index contributed by atoms with van der Waals surface area (Å²) in [5.41, 5.74) is 4.57. The van der Waals surface area contributed by atoms with Crippen LogP contribution in [0.15, 0.2) is 0 Å². The van der Waals surface area contributed by atoms with Crippen LogP contribution in [0.25, 0.3) is 0 Å². The van der Waals surface area contributed by atoms with Gasteiger partial charge in [0.05, 0.1) is 13.1 Å². The summed E-state index contributed by atoms with van der Waals surface area (Å²) in [4.78, 5) is 20.9. The molecule has 0 bridgehead atoms. The van der Waals surface area contributed by atoms with Gasteiger partial charge >= 0.3 is 11.9 Å². The van der Waals surface area contributed by atoms with Gasteiger partial charge in [-0.25, -0.2) is 0 Å². The standard InChI is InChI=1S/C4H7NO2.C2H5NO2/c6-4(7)3-5-1-2-5;3-1-2(4)5/h1-3H2,(H,6,7);1,3H2,(H,4,5). The molecule has 1 aliphatic rings. The lowest BCUT2D eigenvalue weighted by atomic mass is 10.7. The third-order valence-corrected chi connectivity index (χ3v) is 1.07. The Kier molecular flexibility index (Phi) is 4.98. The number of carbonyl (C=O) groups is 2. The van der Waals surface area contributed by atoms with Crippen LogP contribution in [0.5, 0.6) is 0 Å². The van der Waals surface area contributed by atoms with Crippen molar-refractivity contribution in [2.45, 2.75) is 0 Å². The minimum Gasteiger partial charge on any atom is -0.480 e. The van der Waals surface area contributed by atoms with Crippen molar-refractivity contribution in [1.82, 2.24) is 4.90 Å². The largest absolute Gasteiger partial charge is 0.480 e. The molecule has 0 aliphatic carbocycles. The van der Waals surface area contributed by atoms with Crippen LogP contribution in [0.2, 0.25) is 0 Å². The maximum Gasteiger partial charge on any atom is 0.317 e. The first-order valence-electron chi connectivity index (χ1n) is 3.42. The Labute approximate surface area is 69.6 Å². The van der Waals surface area contributed by atoms with Crippen molar-refractivity contribution in [2.24, 2.45) is 5.73 Å². The lowest BCUT2D eigenvalue weighted by Crippen LogP contribution is -2.10. The van der Waals surface area contributed by atoms with Gasteiger partial charge in [0, 0.05) is 13.1 Å². The van der Waals surface area contributed by atoms with Gasteiger partial charge in [0.25, 0.3) is 0 Å². The van der Waals surface area contributed by atoms with E-state index < -0.39 is 11.9 Å². The third kappa shape index (κ3) is 8.86. The van der Waals surface area contributed by atoms with E-state index in [1.54, 1.807) is 0 Å². The number of aliphatic carboxylic acids is 2. The Hall–Kier alpha value is -1.14. The highest BCUT2D eigenvalue weighted by atomic mass is 16.4. The highest BCUT2D eigenvalue weighted by molar-refractivity contribution is 5.69. The van der Waals surface area contributed by atoms with Gasteiger partial charge in [0.15, 0.2) is 0 Å². The predicted molar refractivity (Wildman–Crippen MR) is 40.8 cm³/mol. The first-order valence-corrected chi connectivity index (χ1v) is 3.42. The number of hydrogen-bond acceptors (Lipinski definition) is 4. The summed E-state index contributed by atoms with van der Waals surface area (Å²) < 4.78 is 0. The lowest BCUT2D eigenvalue weighted by molar-refractivity contribution is -0.137. The molecule has 4 N–H and O–H groups in total. The zero-order chi connectivity index (χ0) is 9.56. The van der Waals surface area contributed by atoms with E-state index in [2.05, 4.69) is 5.73 Å². The van der Waals surface area contributed by atoms with Gasteiger partial charge in [-0.1, -0.05) is 0 Å². The Bertz CT molecular complexity index is 167. The molecule has 0 aromatic carbocycles. The van der Waals surface area contributed by atoms with E-state index in [1.807, 2.05) is 4.90 Å². The second-order valence-corrected chi connectivity index (χ2v) is 2.27. The molecule has 0 aromatic heterocycles. The fourth-order valence-electron chi connectivity index (χ4n) is 0.420. The SMILES string of the molecule is NCC(=O)O.O=C(O)CN1CC1. The zero-order valence-corrected chi connectivity index (χ0v) is 6.56. The van der Waals surface area contributed by atoms with Crippen molar-refractivity contribution in [2.75, 3.05) is 26.2 Å². The van der Waals surface area contributed by atoms with E-state index in [4.69, 9.17) is 10.2 Å². The van der Waals surface area contributed by atoms with Crippen LogP contribution in [0.4, 0.5) is 0 Å². The lowest BCUT2D eigenvalue weighted by Gasteiger charge is -1.88. The number of rotatable bonds is 3. The molecule has 6 nitrogen and oxygen atoms in total. The first-order chi connectivity index (χ1) is 5.56. The Morgan fingerprint density at radius 1 is 1.25 bits per heavy atom. The molecular weight excluding hydrogens is 164 g/mol. The van der Waals surface area contributed by atoms with Crippen molar-refractivity contribution in [3.05, 3.63) is 0 Å². The fourth-order valence-corrected chi connectivity index (χ4v) is 0.420. The van der Waals surface area contributed by atoms with Crippen LogP contribution < -0.4 is 5.73 Å². The van der Waals surface area contributed by atoms with Gasteiger partial charge in [0.1, 0.15) is 0 Å². The van der Waals surface area contributed by atoms with Gasteiger partial charge in [-0.05, 0) is 0 Å². The first kappa shape index (κ1) is 10.9. The average molecular weight is 176 g/mol. The quantitative estimate of drug-likeness (QED) is 0.448. The molecule has 1 heterocycles. The minimum absolute atomic E-state index is 0.222. The van der Waals surface area contributed by atoms with E-state index in [1.165, 1.54) is 0 Å². The van der Waals surface area contributed by atoms with Crippen molar-refractivity contribution < 1.29 is 19.8 Å². The van der Waals surface area contributed by atoms with Crippen LogP contribution in [0, 0.1) is 0 Å². The summed E-state index contributed by atoms with van der Waals surface area (Å²) in [6.07, 6.45) is 0. The van der Waals surface area contributed by atoms with Gasteiger partial charge < -0.3 is 15.9 Å². The molecule has 0 atom stereocenters. The Balaban J connectivity index is 0.000000217. The summed E-state index contributed by atoms with van der Waals surface area (Å²) in [6, 6.07) is 0. The molecule has 1 saturated heterocycles. The van der Waals surface area contributed by atoms with Crippen LogP contribution in [0.1, 0.15) is 0 Å². The maximum absolute atomic E-state index is 9.81. The molecule has 1 aliphatic heterocycles. The van der Waals surface area contributed by atoms with Gasteiger partial charge in [-0.15, -0.1) is 0 Å². The Morgan fingerprint density at radius 2 is 1.67 bits per heavy atom. The molecule has 0 radical (unpaired) electrons. The smallest absolute Gasteiger partial charge is 0.317 e. The molecule has 12 heavy (non-hydrogen) atoms. The highest BCUT2D eigenvalue weighted by Gasteiger charge is 2.19. The summed E-state index contributed by atoms with van der Waals surface area (Å²) in [5.74, 6) is -1.69. The van der Waals surface area contributed by atoms with Crippen LogP contribution in [-0.2, 0) is 9.59 Å². The fraction of sp³-hybridized carbons (Fsp3) is 0.667. The highest BCUT2D eigenvalue weighted by Crippen LogP contribution is 1.99. The molecule has 1 rings (SSSR count). The molecule has 0 amide bonds. The number of nitrogens with zero attached hydrogens (tertiary/aromatic N) is 1. The molecule has 0 aromatic rings. The topological polar surface area (TPSA) is 104 Å². The van der Waals surface area contributed by atoms with E-state index in [-0.39, 0.29) is 13.1 Å². The summed E-state index contributed by atoms with van der Waals surface area (Å²) in [5, 5.41) is 15.7. The zero-order valence-electron chi connectivity index (χ0n) is 6.56. The van der Waals surface area contributed by atoms with E-state index in [9.17, 15) is 9.59 Å². The van der Waals surface area contributed by atoms with Crippen molar-refractivity contribution in [3.63, 3.8) is 0 Å². The van der Waals surface area contributed by atoms with Crippen molar-refractivity contribution in [1.29, 1.82) is 0 Å². The predicted octanol–water partition coefficient (Wildman–Crippen LogP) is -1.58. The minimum atomic E-state index is -0.968. The van der Waals surface area contributed by atoms with Crippen LogP contribution >= 0.6 is 0 Å². The van der Waals surface area contributed by atoms with Crippen molar-refractivity contribution >= 4 is 11.9 Å². The molecule has 70 valence electrons. The monoisotopic (exact) mass is 176 g/mol. The summed E-state index contributed by atoms with van der Waals surface area (Å²) in [7, 11) is 0. The van der Waals surface area contributed by atoms with E-state index >= 15 is 0 Å². The van der Waals surface area contributed by atoms with Crippen molar-refractivity contribution in [3.8, 4) is 0 Å². The summed E-state index contributed by atoms with van der Waals surface area (Å²) in [6.45, 7) is 1.87. The van der Waals surface area contributed by atoms with Gasteiger partial charge in [0.2, 0.25) is 0 Å². The van der Waals surface area contributed by atoms with E-state index in [0.717, 1.165) is 13.1 Å². The molecule has 0 unspecified atom stereocenters. The van der Waals surface area contributed by atoms with Gasteiger partial charge in [-0.3, -0.25) is 14.5 Å². The molecule has 0 saturated carbocycles. The van der Waals surface area contributed by atoms with E-state index in [0.29, 0.717) is 0 Å². The van der Waals surface area contributed by atoms with Crippen LogP contribution in [-0.4, -0.2) is 53.2 Å².